The van der Waals surface area contributed by atoms with Gasteiger partial charge in [-0.15, -0.1) is 0 Å². The van der Waals surface area contributed by atoms with E-state index in [1.165, 1.54) is 29.1 Å². The lowest BCUT2D eigenvalue weighted by molar-refractivity contribution is -0.173. The molecule has 0 saturated carbocycles. The lowest BCUT2D eigenvalue weighted by atomic mass is 9.75. The van der Waals surface area contributed by atoms with Gasteiger partial charge in [-0.25, -0.2) is 23.1 Å². The normalized spacial score (nSPS) is 22.7. The molecule has 1 amide bonds. The Bertz CT molecular complexity index is 1040. The summed E-state index contributed by atoms with van der Waals surface area (Å²) in [6.45, 7) is 0.817. The van der Waals surface area contributed by atoms with Gasteiger partial charge in [0.2, 0.25) is 11.9 Å². The molecule has 162 valence electrons. The van der Waals surface area contributed by atoms with E-state index in [4.69, 9.17) is 4.74 Å². The zero-order valence-corrected chi connectivity index (χ0v) is 16.7. The van der Waals surface area contributed by atoms with Crippen LogP contribution in [0.25, 0.3) is 0 Å². The van der Waals surface area contributed by atoms with Gasteiger partial charge in [-0.05, 0) is 13.3 Å². The van der Waals surface area contributed by atoms with Crippen molar-refractivity contribution >= 4 is 11.9 Å². The van der Waals surface area contributed by atoms with Gasteiger partial charge in [0.15, 0.2) is 5.82 Å². The fraction of sp³-hybridized carbons (Fsp3) is 0.450. The SMILES string of the molecule is CC1(C(=O)N2CCOc3c(C#N)cncc3C2)CCN(c2ncc(F)cn2)CC1(F)F. The highest BCUT2D eigenvalue weighted by Crippen LogP contribution is 2.46. The molecule has 4 rings (SSSR count). The molecule has 0 N–H and O–H groups in total. The average Bonchev–Trinajstić information content (AvgIpc) is 2.98. The topological polar surface area (TPSA) is 95.2 Å². The Kier molecular flexibility index (Phi) is 5.16. The first-order valence-electron chi connectivity index (χ1n) is 9.64. The second kappa shape index (κ2) is 7.68. The summed E-state index contributed by atoms with van der Waals surface area (Å²) >= 11 is 0. The van der Waals surface area contributed by atoms with Crippen LogP contribution >= 0.6 is 0 Å². The number of halogens is 3. The zero-order valence-electron chi connectivity index (χ0n) is 16.7. The Balaban J connectivity index is 1.56. The third-order valence-corrected chi connectivity index (χ3v) is 5.79. The monoisotopic (exact) mass is 432 g/mol. The van der Waals surface area contributed by atoms with Crippen molar-refractivity contribution < 1.29 is 22.7 Å². The maximum atomic E-state index is 15.3. The van der Waals surface area contributed by atoms with E-state index in [0.29, 0.717) is 11.3 Å². The van der Waals surface area contributed by atoms with E-state index in [1.54, 1.807) is 0 Å². The van der Waals surface area contributed by atoms with Crippen molar-refractivity contribution in [3.63, 3.8) is 0 Å². The molecule has 2 aromatic heterocycles. The molecular weight excluding hydrogens is 413 g/mol. The van der Waals surface area contributed by atoms with Gasteiger partial charge in [-0.3, -0.25) is 9.78 Å². The van der Waals surface area contributed by atoms with Crippen molar-refractivity contribution in [2.24, 2.45) is 5.41 Å². The number of carbonyl (C=O) groups is 1. The van der Waals surface area contributed by atoms with Gasteiger partial charge in [0, 0.05) is 24.5 Å². The quantitative estimate of drug-likeness (QED) is 0.718. The number of pyridine rings is 1. The van der Waals surface area contributed by atoms with Crippen molar-refractivity contribution in [1.82, 2.24) is 19.9 Å². The number of fused-ring (bicyclic) bond motifs is 1. The van der Waals surface area contributed by atoms with E-state index in [-0.39, 0.29) is 44.2 Å². The van der Waals surface area contributed by atoms with E-state index in [9.17, 15) is 14.4 Å². The van der Waals surface area contributed by atoms with Crippen molar-refractivity contribution in [1.29, 1.82) is 5.26 Å². The molecule has 0 bridgehead atoms. The third-order valence-electron chi connectivity index (χ3n) is 5.79. The second-order valence-electron chi connectivity index (χ2n) is 7.77. The highest BCUT2D eigenvalue weighted by Gasteiger charge is 2.59. The Morgan fingerprint density at radius 1 is 1.23 bits per heavy atom. The van der Waals surface area contributed by atoms with Crippen LogP contribution in [0.4, 0.5) is 19.1 Å². The number of hydrogen-bond donors (Lipinski definition) is 0. The van der Waals surface area contributed by atoms with E-state index >= 15 is 8.78 Å². The number of rotatable bonds is 2. The summed E-state index contributed by atoms with van der Waals surface area (Å²) in [5.74, 6) is -4.43. The van der Waals surface area contributed by atoms with Gasteiger partial charge in [-0.2, -0.15) is 5.26 Å². The number of nitriles is 1. The number of carbonyl (C=O) groups excluding carboxylic acids is 1. The Morgan fingerprint density at radius 2 is 1.97 bits per heavy atom. The van der Waals surface area contributed by atoms with Crippen LogP contribution in [0.15, 0.2) is 24.8 Å². The van der Waals surface area contributed by atoms with E-state index in [1.807, 2.05) is 6.07 Å². The molecule has 8 nitrogen and oxygen atoms in total. The predicted octanol–water partition coefficient (Wildman–Crippen LogP) is 2.16. The highest BCUT2D eigenvalue weighted by molar-refractivity contribution is 5.84. The van der Waals surface area contributed by atoms with Gasteiger partial charge in [-0.1, -0.05) is 0 Å². The highest BCUT2D eigenvalue weighted by atomic mass is 19.3. The number of ether oxygens (including phenoxy) is 1. The van der Waals surface area contributed by atoms with E-state index in [0.717, 1.165) is 12.4 Å². The number of hydrogen-bond acceptors (Lipinski definition) is 7. The van der Waals surface area contributed by atoms with Crippen molar-refractivity contribution in [3.05, 3.63) is 41.7 Å². The van der Waals surface area contributed by atoms with Crippen LogP contribution in [0.1, 0.15) is 24.5 Å². The van der Waals surface area contributed by atoms with Gasteiger partial charge in [0.1, 0.15) is 29.4 Å². The largest absolute Gasteiger partial charge is 0.490 e. The zero-order chi connectivity index (χ0) is 22.2. The maximum absolute atomic E-state index is 15.3. The van der Waals surface area contributed by atoms with Gasteiger partial charge in [0.05, 0.1) is 32.0 Å². The van der Waals surface area contributed by atoms with E-state index < -0.39 is 29.6 Å². The van der Waals surface area contributed by atoms with Crippen LogP contribution in [0.5, 0.6) is 5.75 Å². The van der Waals surface area contributed by atoms with Crippen molar-refractivity contribution in [2.45, 2.75) is 25.8 Å². The minimum Gasteiger partial charge on any atom is -0.490 e. The van der Waals surface area contributed by atoms with Crippen LogP contribution in [0.2, 0.25) is 0 Å². The molecule has 1 fully saturated rings. The molecule has 2 aliphatic heterocycles. The first kappa shape index (κ1) is 20.8. The van der Waals surface area contributed by atoms with Gasteiger partial charge in [0.25, 0.3) is 5.92 Å². The molecule has 2 aliphatic rings. The summed E-state index contributed by atoms with van der Waals surface area (Å²) in [4.78, 5) is 27.4. The molecule has 0 spiro atoms. The summed E-state index contributed by atoms with van der Waals surface area (Å²) in [5, 5.41) is 9.22. The average molecular weight is 432 g/mol. The molecule has 2 aromatic rings. The molecule has 1 atom stereocenters. The lowest BCUT2D eigenvalue weighted by Gasteiger charge is -2.46. The predicted molar refractivity (Wildman–Crippen MR) is 102 cm³/mol. The van der Waals surface area contributed by atoms with Crippen molar-refractivity contribution in [2.75, 3.05) is 31.1 Å². The summed E-state index contributed by atoms with van der Waals surface area (Å²) in [6, 6.07) is 1.98. The minimum atomic E-state index is -3.39. The molecule has 31 heavy (non-hydrogen) atoms. The number of nitrogens with zero attached hydrogens (tertiary/aromatic N) is 6. The third kappa shape index (κ3) is 3.62. The van der Waals surface area contributed by atoms with Gasteiger partial charge >= 0.3 is 0 Å². The van der Waals surface area contributed by atoms with Crippen molar-refractivity contribution in [3.8, 4) is 11.8 Å². The van der Waals surface area contributed by atoms with E-state index in [2.05, 4.69) is 15.0 Å². The van der Waals surface area contributed by atoms with Crippen LogP contribution in [0.3, 0.4) is 0 Å². The Morgan fingerprint density at radius 3 is 2.65 bits per heavy atom. The number of amides is 1. The Hall–Kier alpha value is -3.42. The Labute approximate surface area is 176 Å². The van der Waals surface area contributed by atoms with Crippen LogP contribution in [-0.2, 0) is 11.3 Å². The minimum absolute atomic E-state index is 0.0113. The van der Waals surface area contributed by atoms with Crippen LogP contribution in [-0.4, -0.2) is 57.9 Å². The standard InChI is InChI=1S/C20H19F3N6O2/c1-19(2-3-29(12-20(19,22)23)18-26-9-15(21)10-27-18)17(30)28-4-5-31-16-13(6-24)7-25-8-14(16)11-28/h7-10H,2-5,11-12H2,1H3. The van der Waals surface area contributed by atoms with Crippen LogP contribution in [0, 0.1) is 22.6 Å². The summed E-state index contributed by atoms with van der Waals surface area (Å²) in [5.41, 5.74) is -1.22. The summed E-state index contributed by atoms with van der Waals surface area (Å²) < 4.78 is 49.2. The van der Waals surface area contributed by atoms with Crippen LogP contribution < -0.4 is 9.64 Å². The fourth-order valence-electron chi connectivity index (χ4n) is 3.86. The second-order valence-corrected chi connectivity index (χ2v) is 7.77. The summed E-state index contributed by atoms with van der Waals surface area (Å²) in [6.07, 6.45) is 4.52. The molecule has 11 heteroatoms. The first-order chi connectivity index (χ1) is 14.7. The van der Waals surface area contributed by atoms with Gasteiger partial charge < -0.3 is 14.5 Å². The molecule has 1 saturated heterocycles. The number of piperidine rings is 1. The summed E-state index contributed by atoms with van der Waals surface area (Å²) in [7, 11) is 0. The molecule has 0 aromatic carbocycles. The number of aromatic nitrogens is 3. The number of alkyl halides is 2. The smallest absolute Gasteiger partial charge is 0.279 e. The number of anilines is 1. The molecular formula is C20H19F3N6O2. The molecule has 0 aliphatic carbocycles. The first-order valence-corrected chi connectivity index (χ1v) is 9.64. The fourth-order valence-corrected chi connectivity index (χ4v) is 3.86. The molecule has 0 radical (unpaired) electrons. The maximum Gasteiger partial charge on any atom is 0.279 e. The lowest BCUT2D eigenvalue weighted by Crippen LogP contribution is -2.61. The molecule has 1 unspecified atom stereocenters. The molecule has 4 heterocycles.